The van der Waals surface area contributed by atoms with Crippen LogP contribution in [0.2, 0.25) is 0 Å². The molecule has 1 N–H and O–H groups in total. The summed E-state index contributed by atoms with van der Waals surface area (Å²) in [5.74, 6) is -3.71. The van der Waals surface area contributed by atoms with Crippen LogP contribution >= 0.6 is 0 Å². The highest BCUT2D eigenvalue weighted by Crippen LogP contribution is 2.36. The Kier molecular flexibility index (Phi) is 9.46. The van der Waals surface area contributed by atoms with Gasteiger partial charge in [0.15, 0.2) is 24.5 Å². The Hall–Kier alpha value is -5.90. The minimum Gasteiger partial charge on any atom is -0.463 e. The molecular formula is C34H32FN5O10. The lowest BCUT2D eigenvalue weighted by Crippen LogP contribution is -2.60. The predicted molar refractivity (Wildman–Crippen MR) is 171 cm³/mol. The van der Waals surface area contributed by atoms with Crippen LogP contribution in [0.15, 0.2) is 54.9 Å². The molecule has 6 rings (SSSR count). The quantitative estimate of drug-likeness (QED) is 0.154. The summed E-state index contributed by atoms with van der Waals surface area (Å²) in [7, 11) is 0. The fourth-order valence-corrected chi connectivity index (χ4v) is 6.08. The molecule has 1 fully saturated rings. The van der Waals surface area contributed by atoms with E-state index in [1.807, 2.05) is 35.0 Å². The number of ether oxygens (including phenoxy) is 5. The lowest BCUT2D eigenvalue weighted by molar-refractivity contribution is -0.270. The van der Waals surface area contributed by atoms with Crippen LogP contribution < -0.4 is 5.32 Å². The second-order valence-corrected chi connectivity index (χ2v) is 11.7. The molecule has 0 saturated carbocycles. The molecule has 50 heavy (non-hydrogen) atoms. The standard InChI is InChI=1S/C34H32FN5O10/c1-17(41)46-16-29-30(47-18(2)42)31(48-19(3)43)32(49-20(4)44)34(50-29)40-15-23(37-38-40)14-39-13-21(24-7-5-6-8-28(24)39)11-26-25-12-22(35)9-10-27(25)36-33(26)45/h5-13,15,29-32,34H,14,16H2,1-4H3,(H,36,45)/b26-11+/t29-,30-,31+,32-,34-/m1/s1. The number of benzene rings is 2. The Balaban J connectivity index is 1.34. The van der Waals surface area contributed by atoms with E-state index in [0.29, 0.717) is 28.1 Å². The van der Waals surface area contributed by atoms with Crippen molar-refractivity contribution < 1.29 is 52.0 Å². The summed E-state index contributed by atoms with van der Waals surface area (Å²) in [6.45, 7) is 4.40. The molecule has 0 aliphatic carbocycles. The largest absolute Gasteiger partial charge is 0.463 e. The third-order valence-corrected chi connectivity index (χ3v) is 8.00. The van der Waals surface area contributed by atoms with Gasteiger partial charge in [-0.1, -0.05) is 23.4 Å². The summed E-state index contributed by atoms with van der Waals surface area (Å²) in [4.78, 5) is 61.0. The zero-order valence-electron chi connectivity index (χ0n) is 27.3. The van der Waals surface area contributed by atoms with Crippen LogP contribution in [0.5, 0.6) is 0 Å². The van der Waals surface area contributed by atoms with Crippen LogP contribution in [0.25, 0.3) is 22.6 Å². The van der Waals surface area contributed by atoms with Gasteiger partial charge in [0.05, 0.1) is 12.7 Å². The number of esters is 4. The predicted octanol–water partition coefficient (Wildman–Crippen LogP) is 3.17. The van der Waals surface area contributed by atoms with Gasteiger partial charge in [-0.3, -0.25) is 24.0 Å². The number of rotatable bonds is 9. The maximum absolute atomic E-state index is 14.1. The van der Waals surface area contributed by atoms with Crippen molar-refractivity contribution in [1.29, 1.82) is 0 Å². The Labute approximate surface area is 283 Å². The molecule has 2 aliphatic heterocycles. The maximum Gasteiger partial charge on any atom is 0.303 e. The van der Waals surface area contributed by atoms with Gasteiger partial charge >= 0.3 is 23.9 Å². The first-order valence-corrected chi connectivity index (χ1v) is 15.5. The molecule has 2 aliphatic rings. The molecule has 4 heterocycles. The third-order valence-electron chi connectivity index (χ3n) is 8.00. The number of para-hydroxylation sites is 1. The van der Waals surface area contributed by atoms with Gasteiger partial charge in [0.25, 0.3) is 5.91 Å². The molecule has 0 spiro atoms. The van der Waals surface area contributed by atoms with Gasteiger partial charge in [0.2, 0.25) is 0 Å². The number of amides is 1. The summed E-state index contributed by atoms with van der Waals surface area (Å²) in [6.07, 6.45) is -1.40. The van der Waals surface area contributed by atoms with Crippen LogP contribution in [0.1, 0.15) is 50.7 Å². The minimum absolute atomic E-state index is 0.187. The highest BCUT2D eigenvalue weighted by atomic mass is 19.1. The molecule has 260 valence electrons. The normalized spacial score (nSPS) is 22.1. The lowest BCUT2D eigenvalue weighted by Gasteiger charge is -2.44. The van der Waals surface area contributed by atoms with Crippen LogP contribution in [0.3, 0.4) is 0 Å². The zero-order valence-corrected chi connectivity index (χ0v) is 27.3. The van der Waals surface area contributed by atoms with Crippen molar-refractivity contribution >= 4 is 58.0 Å². The number of anilines is 1. The lowest BCUT2D eigenvalue weighted by atomic mass is 9.97. The Morgan fingerprint density at radius 2 is 1.62 bits per heavy atom. The second-order valence-electron chi connectivity index (χ2n) is 11.7. The van der Waals surface area contributed by atoms with Crippen molar-refractivity contribution in [1.82, 2.24) is 19.6 Å². The first-order valence-electron chi connectivity index (χ1n) is 15.5. The molecule has 16 heteroatoms. The van der Waals surface area contributed by atoms with Crippen LogP contribution in [-0.4, -0.2) is 80.4 Å². The number of fused-ring (bicyclic) bond motifs is 2. The summed E-state index contributed by atoms with van der Waals surface area (Å²) in [5, 5.41) is 12.1. The van der Waals surface area contributed by atoms with Gasteiger partial charge in [0.1, 0.15) is 24.2 Å². The second kappa shape index (κ2) is 13.9. The summed E-state index contributed by atoms with van der Waals surface area (Å²) in [5.41, 5.74) is 3.24. The van der Waals surface area contributed by atoms with Gasteiger partial charge in [-0.25, -0.2) is 9.07 Å². The number of aromatic nitrogens is 4. The fourth-order valence-electron chi connectivity index (χ4n) is 6.08. The van der Waals surface area contributed by atoms with E-state index in [9.17, 15) is 28.4 Å². The highest BCUT2D eigenvalue weighted by Gasteiger charge is 2.53. The molecule has 4 aromatic rings. The maximum atomic E-state index is 14.1. The number of halogens is 1. The summed E-state index contributed by atoms with van der Waals surface area (Å²) >= 11 is 0. The first kappa shape index (κ1) is 34.0. The van der Waals surface area contributed by atoms with Gasteiger partial charge in [-0.15, -0.1) is 5.10 Å². The molecule has 1 amide bonds. The molecule has 5 atom stereocenters. The summed E-state index contributed by atoms with van der Waals surface area (Å²) < 4.78 is 45.1. The number of nitrogens with zero attached hydrogens (tertiary/aromatic N) is 4. The highest BCUT2D eigenvalue weighted by molar-refractivity contribution is 6.35. The number of hydrogen-bond donors (Lipinski definition) is 1. The SMILES string of the molecule is CC(=O)OC[C@H]1O[C@@H](n2cc(Cn3cc(/C=C4/C(=O)Nc5ccc(F)cc54)c4ccccc43)nn2)[C@H](OC(C)=O)[C@@H](OC(C)=O)[C@@H]1OC(C)=O. The van der Waals surface area contributed by atoms with E-state index in [1.54, 1.807) is 6.08 Å². The molecule has 15 nitrogen and oxygen atoms in total. The van der Waals surface area contributed by atoms with Crippen LogP contribution in [-0.2, 0) is 54.2 Å². The minimum atomic E-state index is -1.37. The van der Waals surface area contributed by atoms with E-state index in [4.69, 9.17) is 23.7 Å². The average Bonchev–Trinajstić information content (AvgIpc) is 3.74. The van der Waals surface area contributed by atoms with Crippen molar-refractivity contribution in [3.05, 3.63) is 77.5 Å². The monoisotopic (exact) mass is 689 g/mol. The number of nitrogens with one attached hydrogen (secondary N) is 1. The van der Waals surface area contributed by atoms with Gasteiger partial charge in [-0.05, 0) is 30.3 Å². The topological polar surface area (TPSA) is 179 Å². The van der Waals surface area contributed by atoms with Crippen molar-refractivity contribution in [3.8, 4) is 0 Å². The van der Waals surface area contributed by atoms with Crippen molar-refractivity contribution in [3.63, 3.8) is 0 Å². The van der Waals surface area contributed by atoms with E-state index >= 15 is 0 Å². The van der Waals surface area contributed by atoms with Crippen molar-refractivity contribution in [2.24, 2.45) is 0 Å². The van der Waals surface area contributed by atoms with E-state index in [1.165, 1.54) is 36.0 Å². The number of carbonyl (C=O) groups excluding carboxylic acids is 5. The molecule has 2 aromatic heterocycles. The molecular weight excluding hydrogens is 657 g/mol. The zero-order chi connectivity index (χ0) is 35.7. The first-order chi connectivity index (χ1) is 23.9. The van der Waals surface area contributed by atoms with Gasteiger partial charge < -0.3 is 33.6 Å². The molecule has 1 saturated heterocycles. The number of carbonyl (C=O) groups is 5. The summed E-state index contributed by atoms with van der Waals surface area (Å²) in [6, 6.07) is 11.6. The molecule has 0 bridgehead atoms. The Morgan fingerprint density at radius 1 is 0.920 bits per heavy atom. The number of hydrogen-bond acceptors (Lipinski definition) is 12. The molecule has 0 unspecified atom stereocenters. The van der Waals surface area contributed by atoms with E-state index < -0.39 is 66.9 Å². The van der Waals surface area contributed by atoms with E-state index in [0.717, 1.165) is 31.7 Å². The molecule has 0 radical (unpaired) electrons. The average molecular weight is 690 g/mol. The van der Waals surface area contributed by atoms with Gasteiger partial charge in [-0.2, -0.15) is 0 Å². The Bertz CT molecular complexity index is 2040. The van der Waals surface area contributed by atoms with Crippen LogP contribution in [0, 0.1) is 5.82 Å². The third kappa shape index (κ3) is 7.10. The Morgan fingerprint density at radius 3 is 2.34 bits per heavy atom. The smallest absolute Gasteiger partial charge is 0.303 e. The fraction of sp³-hybridized carbons (Fsp3) is 0.324. The molecule has 2 aromatic carbocycles. The van der Waals surface area contributed by atoms with Crippen LogP contribution in [0.4, 0.5) is 10.1 Å². The van der Waals surface area contributed by atoms with Gasteiger partial charge in [0, 0.05) is 67.2 Å². The van der Waals surface area contributed by atoms with E-state index in [2.05, 4.69) is 15.6 Å². The van der Waals surface area contributed by atoms with Crippen molar-refractivity contribution in [2.45, 2.75) is 64.9 Å². The van der Waals surface area contributed by atoms with Crippen molar-refractivity contribution in [2.75, 3.05) is 11.9 Å². The van der Waals surface area contributed by atoms with E-state index in [-0.39, 0.29) is 12.5 Å².